The second-order valence-corrected chi connectivity index (χ2v) is 6.68. The fourth-order valence-corrected chi connectivity index (χ4v) is 4.69. The Bertz CT molecular complexity index is 972. The van der Waals surface area contributed by atoms with Crippen molar-refractivity contribution in [3.05, 3.63) is 108 Å². The van der Waals surface area contributed by atoms with E-state index in [-0.39, 0.29) is 5.66 Å². The van der Waals surface area contributed by atoms with E-state index in [1.54, 1.807) is 0 Å². The van der Waals surface area contributed by atoms with E-state index in [1.165, 1.54) is 33.6 Å². The van der Waals surface area contributed by atoms with Crippen LogP contribution in [0.15, 0.2) is 97.3 Å². The van der Waals surface area contributed by atoms with Crippen LogP contribution in [0.4, 0.5) is 0 Å². The molecule has 1 spiro atoms. The van der Waals surface area contributed by atoms with E-state index >= 15 is 0 Å². The van der Waals surface area contributed by atoms with Crippen LogP contribution in [0, 0.1) is 0 Å². The summed E-state index contributed by atoms with van der Waals surface area (Å²) in [7, 11) is 0. The second kappa shape index (κ2) is 4.42. The zero-order valence-corrected chi connectivity index (χ0v) is 13.6. The lowest BCUT2D eigenvalue weighted by molar-refractivity contribution is -0.955. The minimum atomic E-state index is -0.347. The summed E-state index contributed by atoms with van der Waals surface area (Å²) in [5.74, 6) is 0. The lowest BCUT2D eigenvalue weighted by Gasteiger charge is -2.16. The number of hydrogen-bond donors (Lipinski definition) is 0. The molecule has 0 fully saturated rings. The van der Waals surface area contributed by atoms with Gasteiger partial charge in [-0.25, -0.2) is 0 Å². The molecule has 0 aliphatic carbocycles. The third-order valence-electron chi connectivity index (χ3n) is 5.57. The van der Waals surface area contributed by atoms with E-state index < -0.39 is 0 Å². The largest absolute Gasteiger partial charge is 0.417 e. The van der Waals surface area contributed by atoms with Gasteiger partial charge in [0.25, 0.3) is 0 Å². The molecule has 0 atom stereocenters. The standard InChI is InChI=1S/C23H16N2/c1-3-11-19-17(9-1)21-13-5-7-15-24(21)23(19)20-12-4-2-10-18(20)22-14-6-8-16-25(22)23/h1-16H/q+2. The average Bonchev–Trinajstić information content (AvgIpc) is 3.16. The molecule has 25 heavy (non-hydrogen) atoms. The molecule has 0 saturated carbocycles. The maximum absolute atomic E-state index is 2.42. The van der Waals surface area contributed by atoms with Crippen molar-refractivity contribution in [2.45, 2.75) is 5.66 Å². The van der Waals surface area contributed by atoms with Crippen LogP contribution in [-0.4, -0.2) is 0 Å². The van der Waals surface area contributed by atoms with E-state index in [9.17, 15) is 0 Å². The molecule has 0 N–H and O–H groups in total. The molecule has 4 aromatic rings. The zero-order chi connectivity index (χ0) is 16.4. The van der Waals surface area contributed by atoms with E-state index in [4.69, 9.17) is 0 Å². The zero-order valence-electron chi connectivity index (χ0n) is 13.6. The molecule has 0 radical (unpaired) electrons. The molecule has 2 aromatic carbocycles. The molecule has 6 rings (SSSR count). The van der Waals surface area contributed by atoms with Gasteiger partial charge in [0.1, 0.15) is 11.1 Å². The van der Waals surface area contributed by atoms with Gasteiger partial charge in [-0.15, -0.1) is 9.13 Å². The van der Waals surface area contributed by atoms with Crippen molar-refractivity contribution in [1.82, 2.24) is 0 Å². The maximum Gasteiger partial charge on any atom is 0.417 e. The molecule has 2 aliphatic heterocycles. The van der Waals surface area contributed by atoms with Gasteiger partial charge in [-0.3, -0.25) is 0 Å². The monoisotopic (exact) mass is 320 g/mol. The van der Waals surface area contributed by atoms with Gasteiger partial charge >= 0.3 is 5.66 Å². The van der Waals surface area contributed by atoms with Crippen LogP contribution >= 0.6 is 0 Å². The number of aromatic nitrogens is 2. The topological polar surface area (TPSA) is 7.76 Å². The summed E-state index contributed by atoms with van der Waals surface area (Å²) in [6, 6.07) is 30.5. The number of rotatable bonds is 0. The second-order valence-electron chi connectivity index (χ2n) is 6.68. The summed E-state index contributed by atoms with van der Waals surface area (Å²) < 4.78 is 4.85. The van der Waals surface area contributed by atoms with Gasteiger partial charge in [0.2, 0.25) is 11.4 Å². The average molecular weight is 320 g/mol. The molecular formula is C23H16N2+2. The Kier molecular flexibility index (Phi) is 2.31. The molecule has 2 aliphatic rings. The third-order valence-corrected chi connectivity index (χ3v) is 5.57. The smallest absolute Gasteiger partial charge is 0.126 e. The predicted molar refractivity (Wildman–Crippen MR) is 95.7 cm³/mol. The highest BCUT2D eigenvalue weighted by Crippen LogP contribution is 2.46. The SMILES string of the molecule is c1ccc2c(c1)-c1cccc[n+]1C21c2ccccc2-c2cccc[n+]21. The highest BCUT2D eigenvalue weighted by molar-refractivity contribution is 5.73. The molecule has 0 unspecified atom stereocenters. The first-order valence-corrected chi connectivity index (χ1v) is 8.64. The van der Waals surface area contributed by atoms with Crippen LogP contribution in [0.3, 0.4) is 0 Å². The van der Waals surface area contributed by atoms with Crippen molar-refractivity contribution < 1.29 is 9.13 Å². The number of benzene rings is 2. The highest BCUT2D eigenvalue weighted by Gasteiger charge is 2.66. The van der Waals surface area contributed by atoms with Gasteiger partial charge in [0.05, 0.1) is 11.1 Å². The summed E-state index contributed by atoms with van der Waals surface area (Å²) in [5, 5.41) is 0. The maximum atomic E-state index is 2.42. The van der Waals surface area contributed by atoms with Crippen LogP contribution in [0.2, 0.25) is 0 Å². The van der Waals surface area contributed by atoms with Crippen molar-refractivity contribution in [2.24, 2.45) is 0 Å². The fourth-order valence-electron chi connectivity index (χ4n) is 4.69. The molecule has 2 aromatic heterocycles. The quantitative estimate of drug-likeness (QED) is 0.378. The van der Waals surface area contributed by atoms with Gasteiger partial charge in [0.15, 0.2) is 12.4 Å². The Morgan fingerprint density at radius 2 is 0.920 bits per heavy atom. The number of hydrogen-bond acceptors (Lipinski definition) is 0. The van der Waals surface area contributed by atoms with Crippen LogP contribution in [0.5, 0.6) is 0 Å². The molecule has 0 amide bonds. The molecule has 0 bridgehead atoms. The minimum Gasteiger partial charge on any atom is -0.126 e. The number of fused-ring (bicyclic) bond motifs is 10. The van der Waals surface area contributed by atoms with Gasteiger partial charge in [-0.2, -0.15) is 0 Å². The van der Waals surface area contributed by atoms with Crippen LogP contribution in [0.1, 0.15) is 11.1 Å². The summed E-state index contributed by atoms with van der Waals surface area (Å²) >= 11 is 0. The van der Waals surface area contributed by atoms with Crippen LogP contribution < -0.4 is 9.13 Å². The van der Waals surface area contributed by atoms with Gasteiger partial charge in [0, 0.05) is 24.3 Å². The number of pyridine rings is 2. The van der Waals surface area contributed by atoms with Crippen molar-refractivity contribution in [1.29, 1.82) is 0 Å². The first-order valence-electron chi connectivity index (χ1n) is 8.64. The van der Waals surface area contributed by atoms with Crippen molar-refractivity contribution >= 4 is 0 Å². The molecule has 0 saturated heterocycles. The lowest BCUT2D eigenvalue weighted by atomic mass is 9.90. The first-order chi connectivity index (χ1) is 12.4. The van der Waals surface area contributed by atoms with Crippen LogP contribution in [-0.2, 0) is 5.66 Å². The third kappa shape index (κ3) is 1.38. The Labute approximate surface area is 146 Å². The summed E-state index contributed by atoms with van der Waals surface area (Å²) in [5.41, 5.74) is 7.46. The predicted octanol–water partition coefficient (Wildman–Crippen LogP) is 3.52. The van der Waals surface area contributed by atoms with Gasteiger partial charge in [-0.1, -0.05) is 24.3 Å². The van der Waals surface area contributed by atoms with E-state index in [0.29, 0.717) is 0 Å². The lowest BCUT2D eigenvalue weighted by Crippen LogP contribution is -2.71. The fraction of sp³-hybridized carbons (Fsp3) is 0.0435. The summed E-state index contributed by atoms with van der Waals surface area (Å²) in [4.78, 5) is 0. The van der Waals surface area contributed by atoms with Crippen molar-refractivity contribution in [3.63, 3.8) is 0 Å². The molecule has 2 nitrogen and oxygen atoms in total. The first kappa shape index (κ1) is 13.1. The normalized spacial score (nSPS) is 14.7. The minimum absolute atomic E-state index is 0.347. The summed E-state index contributed by atoms with van der Waals surface area (Å²) in [6.45, 7) is 0. The Balaban J connectivity index is 1.89. The van der Waals surface area contributed by atoms with Crippen LogP contribution in [0.25, 0.3) is 22.5 Å². The van der Waals surface area contributed by atoms with Crippen molar-refractivity contribution in [2.75, 3.05) is 0 Å². The van der Waals surface area contributed by atoms with E-state index in [0.717, 1.165) is 0 Å². The van der Waals surface area contributed by atoms with E-state index in [2.05, 4.69) is 106 Å². The number of nitrogens with zero attached hydrogens (tertiary/aromatic N) is 2. The Morgan fingerprint density at radius 1 is 0.480 bits per heavy atom. The van der Waals surface area contributed by atoms with E-state index in [1.807, 2.05) is 0 Å². The van der Waals surface area contributed by atoms with Crippen molar-refractivity contribution in [3.8, 4) is 22.5 Å². The molecule has 116 valence electrons. The van der Waals surface area contributed by atoms with Gasteiger partial charge < -0.3 is 0 Å². The Morgan fingerprint density at radius 3 is 1.44 bits per heavy atom. The summed E-state index contributed by atoms with van der Waals surface area (Å²) in [6.07, 6.45) is 4.42. The Hall–Kier alpha value is -3.26. The molecule has 4 heterocycles. The molecule has 2 heteroatoms. The molecular weight excluding hydrogens is 304 g/mol. The highest BCUT2D eigenvalue weighted by atomic mass is 15.3. The van der Waals surface area contributed by atoms with Gasteiger partial charge in [-0.05, 0) is 36.4 Å².